The summed E-state index contributed by atoms with van der Waals surface area (Å²) in [6.45, 7) is 0. The SMILES string of the molecule is COc1ccc(-c2cc(-c3ccc(F)cc3)nc(N)n2)cc1OC. The molecule has 5 nitrogen and oxygen atoms in total. The molecule has 0 fully saturated rings. The zero-order valence-corrected chi connectivity index (χ0v) is 13.3. The molecule has 0 saturated carbocycles. The van der Waals surface area contributed by atoms with Crippen LogP contribution in [0.3, 0.4) is 0 Å². The summed E-state index contributed by atoms with van der Waals surface area (Å²) in [5.74, 6) is 1.06. The number of halogens is 1. The highest BCUT2D eigenvalue weighted by Gasteiger charge is 2.10. The molecule has 2 N–H and O–H groups in total. The van der Waals surface area contributed by atoms with Crippen molar-refractivity contribution >= 4 is 5.95 Å². The van der Waals surface area contributed by atoms with Gasteiger partial charge in [0.05, 0.1) is 25.6 Å². The third-order valence-corrected chi connectivity index (χ3v) is 3.56. The summed E-state index contributed by atoms with van der Waals surface area (Å²) >= 11 is 0. The Morgan fingerprint density at radius 3 is 2.00 bits per heavy atom. The third kappa shape index (κ3) is 3.12. The van der Waals surface area contributed by atoms with Crippen LogP contribution < -0.4 is 15.2 Å². The number of nitrogens with zero attached hydrogens (tertiary/aromatic N) is 2. The summed E-state index contributed by atoms with van der Waals surface area (Å²) in [6.07, 6.45) is 0. The second-order valence-electron chi connectivity index (χ2n) is 5.07. The first kappa shape index (κ1) is 15.7. The molecule has 0 aliphatic rings. The zero-order chi connectivity index (χ0) is 17.1. The fourth-order valence-electron chi connectivity index (χ4n) is 2.38. The Morgan fingerprint density at radius 1 is 0.792 bits per heavy atom. The van der Waals surface area contributed by atoms with Crippen molar-refractivity contribution < 1.29 is 13.9 Å². The number of hydrogen-bond donors (Lipinski definition) is 1. The van der Waals surface area contributed by atoms with Gasteiger partial charge in [0.15, 0.2) is 11.5 Å². The average molecular weight is 325 g/mol. The lowest BCUT2D eigenvalue weighted by Crippen LogP contribution is -1.99. The Kier molecular flexibility index (Phi) is 4.29. The Bertz CT molecular complexity index is 867. The molecule has 0 radical (unpaired) electrons. The van der Waals surface area contributed by atoms with Crippen LogP contribution in [0, 0.1) is 5.82 Å². The van der Waals surface area contributed by atoms with Crippen molar-refractivity contribution in [3.8, 4) is 34.0 Å². The lowest BCUT2D eigenvalue weighted by molar-refractivity contribution is 0.355. The number of nitrogen functional groups attached to an aromatic ring is 1. The van der Waals surface area contributed by atoms with E-state index < -0.39 is 0 Å². The first-order valence-corrected chi connectivity index (χ1v) is 7.23. The molecule has 1 heterocycles. The van der Waals surface area contributed by atoms with Gasteiger partial charge < -0.3 is 15.2 Å². The molecule has 6 heteroatoms. The van der Waals surface area contributed by atoms with Crippen molar-refractivity contribution in [1.29, 1.82) is 0 Å². The van der Waals surface area contributed by atoms with Gasteiger partial charge >= 0.3 is 0 Å². The minimum Gasteiger partial charge on any atom is -0.493 e. The minimum absolute atomic E-state index is 0.140. The normalized spacial score (nSPS) is 10.5. The lowest BCUT2D eigenvalue weighted by atomic mass is 10.1. The van der Waals surface area contributed by atoms with Crippen LogP contribution in [0.5, 0.6) is 11.5 Å². The van der Waals surface area contributed by atoms with Crippen molar-refractivity contribution in [1.82, 2.24) is 9.97 Å². The predicted octanol–water partition coefficient (Wildman–Crippen LogP) is 3.55. The molecule has 3 aromatic rings. The molecule has 0 bridgehead atoms. The topological polar surface area (TPSA) is 70.3 Å². The van der Waals surface area contributed by atoms with Gasteiger partial charge in [0.1, 0.15) is 5.82 Å². The standard InChI is InChI=1S/C18H16FN3O2/c1-23-16-8-5-12(9-17(16)24-2)15-10-14(21-18(20)22-15)11-3-6-13(19)7-4-11/h3-10H,1-2H3,(H2,20,21,22). The third-order valence-electron chi connectivity index (χ3n) is 3.56. The van der Waals surface area contributed by atoms with E-state index in [0.29, 0.717) is 22.9 Å². The van der Waals surface area contributed by atoms with Crippen molar-refractivity contribution in [3.05, 3.63) is 54.3 Å². The van der Waals surface area contributed by atoms with Crippen LogP contribution in [0.25, 0.3) is 22.5 Å². The number of aromatic nitrogens is 2. The summed E-state index contributed by atoms with van der Waals surface area (Å²) < 4.78 is 23.6. The summed E-state index contributed by atoms with van der Waals surface area (Å²) in [7, 11) is 3.15. The number of rotatable bonds is 4. The summed E-state index contributed by atoms with van der Waals surface area (Å²) in [6, 6.07) is 13.3. The van der Waals surface area contributed by atoms with Crippen LogP contribution in [0.4, 0.5) is 10.3 Å². The van der Waals surface area contributed by atoms with E-state index >= 15 is 0 Å². The van der Waals surface area contributed by atoms with E-state index in [1.54, 1.807) is 38.5 Å². The zero-order valence-electron chi connectivity index (χ0n) is 13.3. The predicted molar refractivity (Wildman–Crippen MR) is 90.4 cm³/mol. The molecule has 2 aromatic carbocycles. The summed E-state index contributed by atoms with van der Waals surface area (Å²) in [5, 5.41) is 0. The van der Waals surface area contributed by atoms with Crippen LogP contribution in [0.1, 0.15) is 0 Å². The Hall–Kier alpha value is -3.15. The number of benzene rings is 2. The number of hydrogen-bond acceptors (Lipinski definition) is 5. The van der Waals surface area contributed by atoms with Gasteiger partial charge in [-0.05, 0) is 48.5 Å². The molecule has 0 aliphatic carbocycles. The van der Waals surface area contributed by atoms with E-state index in [4.69, 9.17) is 15.2 Å². The van der Waals surface area contributed by atoms with Gasteiger partial charge in [-0.25, -0.2) is 14.4 Å². The van der Waals surface area contributed by atoms with E-state index in [-0.39, 0.29) is 11.8 Å². The molecule has 0 amide bonds. The Balaban J connectivity index is 2.07. The van der Waals surface area contributed by atoms with E-state index in [1.165, 1.54) is 12.1 Å². The Labute approximate surface area is 138 Å². The van der Waals surface area contributed by atoms with Gasteiger partial charge in [0.25, 0.3) is 0 Å². The maximum absolute atomic E-state index is 13.1. The molecule has 0 unspecified atom stereocenters. The summed E-state index contributed by atoms with van der Waals surface area (Å²) in [5.41, 5.74) is 8.66. The Morgan fingerprint density at radius 2 is 1.38 bits per heavy atom. The van der Waals surface area contributed by atoms with Crippen LogP contribution in [-0.2, 0) is 0 Å². The first-order chi connectivity index (χ1) is 11.6. The monoisotopic (exact) mass is 325 g/mol. The number of methoxy groups -OCH3 is 2. The van der Waals surface area contributed by atoms with Crippen LogP contribution >= 0.6 is 0 Å². The fraction of sp³-hybridized carbons (Fsp3) is 0.111. The molecule has 1 aromatic heterocycles. The van der Waals surface area contributed by atoms with Gasteiger partial charge in [0.2, 0.25) is 5.95 Å². The number of ether oxygens (including phenoxy) is 2. The van der Waals surface area contributed by atoms with E-state index in [0.717, 1.165) is 11.1 Å². The molecule has 0 saturated heterocycles. The van der Waals surface area contributed by atoms with E-state index in [2.05, 4.69) is 9.97 Å². The van der Waals surface area contributed by atoms with Gasteiger partial charge in [-0.3, -0.25) is 0 Å². The second-order valence-corrected chi connectivity index (χ2v) is 5.07. The van der Waals surface area contributed by atoms with E-state index in [1.807, 2.05) is 12.1 Å². The van der Waals surface area contributed by atoms with Crippen molar-refractivity contribution in [2.24, 2.45) is 0 Å². The van der Waals surface area contributed by atoms with Crippen LogP contribution in [-0.4, -0.2) is 24.2 Å². The van der Waals surface area contributed by atoms with Crippen molar-refractivity contribution in [2.75, 3.05) is 20.0 Å². The summed E-state index contributed by atoms with van der Waals surface area (Å²) in [4.78, 5) is 8.50. The van der Waals surface area contributed by atoms with Gasteiger partial charge in [-0.2, -0.15) is 0 Å². The molecular formula is C18H16FN3O2. The van der Waals surface area contributed by atoms with Crippen LogP contribution in [0.2, 0.25) is 0 Å². The highest BCUT2D eigenvalue weighted by atomic mass is 19.1. The maximum Gasteiger partial charge on any atom is 0.221 e. The second kappa shape index (κ2) is 6.54. The number of nitrogens with two attached hydrogens (primary N) is 1. The van der Waals surface area contributed by atoms with Crippen LogP contribution in [0.15, 0.2) is 48.5 Å². The molecule has 0 spiro atoms. The largest absolute Gasteiger partial charge is 0.493 e. The van der Waals surface area contributed by atoms with Gasteiger partial charge in [-0.15, -0.1) is 0 Å². The van der Waals surface area contributed by atoms with Crippen molar-refractivity contribution in [2.45, 2.75) is 0 Å². The average Bonchev–Trinajstić information content (AvgIpc) is 2.61. The first-order valence-electron chi connectivity index (χ1n) is 7.23. The molecule has 0 atom stereocenters. The van der Waals surface area contributed by atoms with Gasteiger partial charge in [0, 0.05) is 11.1 Å². The molecule has 0 aliphatic heterocycles. The molecule has 24 heavy (non-hydrogen) atoms. The maximum atomic E-state index is 13.1. The fourth-order valence-corrected chi connectivity index (χ4v) is 2.38. The quantitative estimate of drug-likeness (QED) is 0.794. The molecule has 3 rings (SSSR count). The smallest absolute Gasteiger partial charge is 0.221 e. The van der Waals surface area contributed by atoms with E-state index in [9.17, 15) is 4.39 Å². The lowest BCUT2D eigenvalue weighted by Gasteiger charge is -2.10. The molecule has 122 valence electrons. The molecular weight excluding hydrogens is 309 g/mol. The highest BCUT2D eigenvalue weighted by molar-refractivity contribution is 5.71. The number of anilines is 1. The highest BCUT2D eigenvalue weighted by Crippen LogP contribution is 2.32. The van der Waals surface area contributed by atoms with Crippen molar-refractivity contribution in [3.63, 3.8) is 0 Å². The minimum atomic E-state index is -0.305. The van der Waals surface area contributed by atoms with Gasteiger partial charge in [-0.1, -0.05) is 0 Å².